The molecule has 0 aromatic rings. The standard InChI is InChI=1S/C12H21NO3/c1-9(12(14)15-2)13-7-8-16-11-6-4-3-5-10(11)13/h9-11H,3-8H2,1-2H3. The molecule has 0 bridgehead atoms. The number of esters is 1. The molecule has 1 aliphatic heterocycles. The Morgan fingerprint density at radius 2 is 2.19 bits per heavy atom. The van der Waals surface area contributed by atoms with Crippen molar-refractivity contribution in [1.29, 1.82) is 0 Å². The van der Waals surface area contributed by atoms with Gasteiger partial charge in [-0.05, 0) is 19.8 Å². The number of hydrogen-bond acceptors (Lipinski definition) is 4. The summed E-state index contributed by atoms with van der Waals surface area (Å²) >= 11 is 0. The summed E-state index contributed by atoms with van der Waals surface area (Å²) in [5, 5.41) is 0. The van der Waals surface area contributed by atoms with Crippen LogP contribution >= 0.6 is 0 Å². The lowest BCUT2D eigenvalue weighted by atomic mass is 9.89. The third kappa shape index (κ3) is 2.23. The molecule has 1 aliphatic carbocycles. The minimum atomic E-state index is -0.139. The maximum Gasteiger partial charge on any atom is 0.322 e. The zero-order valence-corrected chi connectivity index (χ0v) is 10.1. The van der Waals surface area contributed by atoms with Crippen LogP contribution in [0.4, 0.5) is 0 Å². The highest BCUT2D eigenvalue weighted by Crippen LogP contribution is 2.29. The summed E-state index contributed by atoms with van der Waals surface area (Å²) in [5.74, 6) is -0.133. The first-order valence-corrected chi connectivity index (χ1v) is 6.19. The fraction of sp³-hybridized carbons (Fsp3) is 0.917. The Morgan fingerprint density at radius 3 is 2.94 bits per heavy atom. The van der Waals surface area contributed by atoms with Crippen LogP contribution in [0.2, 0.25) is 0 Å². The van der Waals surface area contributed by atoms with Crippen LogP contribution in [0.25, 0.3) is 0 Å². The number of ether oxygens (including phenoxy) is 2. The van der Waals surface area contributed by atoms with Crippen LogP contribution in [0, 0.1) is 0 Å². The summed E-state index contributed by atoms with van der Waals surface area (Å²) in [6.07, 6.45) is 5.10. The summed E-state index contributed by atoms with van der Waals surface area (Å²) < 4.78 is 10.6. The topological polar surface area (TPSA) is 38.8 Å². The van der Waals surface area contributed by atoms with Gasteiger partial charge in [0.1, 0.15) is 6.04 Å². The van der Waals surface area contributed by atoms with Gasteiger partial charge in [-0.25, -0.2) is 0 Å². The third-order valence-corrected chi connectivity index (χ3v) is 3.81. The lowest BCUT2D eigenvalue weighted by molar-refractivity contribution is -0.155. The Bertz CT molecular complexity index is 255. The summed E-state index contributed by atoms with van der Waals surface area (Å²) in [6.45, 7) is 3.52. The molecule has 1 saturated heterocycles. The molecule has 0 radical (unpaired) electrons. The van der Waals surface area contributed by atoms with Crippen LogP contribution in [0.5, 0.6) is 0 Å². The highest BCUT2D eigenvalue weighted by atomic mass is 16.5. The number of carbonyl (C=O) groups is 1. The van der Waals surface area contributed by atoms with Gasteiger partial charge in [0.25, 0.3) is 0 Å². The maximum absolute atomic E-state index is 11.6. The molecule has 1 heterocycles. The minimum absolute atomic E-state index is 0.133. The Labute approximate surface area is 96.9 Å². The zero-order chi connectivity index (χ0) is 11.5. The molecule has 0 N–H and O–H groups in total. The predicted molar refractivity (Wildman–Crippen MR) is 60.2 cm³/mol. The van der Waals surface area contributed by atoms with E-state index in [2.05, 4.69) is 4.90 Å². The van der Waals surface area contributed by atoms with Crippen LogP contribution in [-0.2, 0) is 14.3 Å². The normalized spacial score (nSPS) is 32.9. The molecule has 3 atom stereocenters. The number of hydrogen-bond donors (Lipinski definition) is 0. The third-order valence-electron chi connectivity index (χ3n) is 3.81. The average molecular weight is 227 g/mol. The van der Waals surface area contributed by atoms with E-state index in [0.29, 0.717) is 12.1 Å². The van der Waals surface area contributed by atoms with Gasteiger partial charge >= 0.3 is 5.97 Å². The molecule has 4 heteroatoms. The number of methoxy groups -OCH3 is 1. The van der Waals surface area contributed by atoms with E-state index in [4.69, 9.17) is 9.47 Å². The monoisotopic (exact) mass is 227 g/mol. The number of nitrogens with zero attached hydrogens (tertiary/aromatic N) is 1. The van der Waals surface area contributed by atoms with Crippen LogP contribution in [0.15, 0.2) is 0 Å². The van der Waals surface area contributed by atoms with E-state index in [1.165, 1.54) is 20.0 Å². The Kier molecular flexibility index (Phi) is 3.82. The second-order valence-electron chi connectivity index (χ2n) is 4.70. The number of rotatable bonds is 2. The molecule has 0 amide bonds. The van der Waals surface area contributed by atoms with E-state index >= 15 is 0 Å². The van der Waals surface area contributed by atoms with Crippen molar-refractivity contribution in [3.8, 4) is 0 Å². The summed E-state index contributed by atoms with van der Waals surface area (Å²) in [4.78, 5) is 13.8. The van der Waals surface area contributed by atoms with Gasteiger partial charge in [0.05, 0.1) is 19.8 Å². The van der Waals surface area contributed by atoms with E-state index in [0.717, 1.165) is 26.0 Å². The first kappa shape index (κ1) is 11.9. The Hall–Kier alpha value is -0.610. The molecule has 2 fully saturated rings. The Morgan fingerprint density at radius 1 is 1.44 bits per heavy atom. The van der Waals surface area contributed by atoms with E-state index in [1.54, 1.807) is 0 Å². The van der Waals surface area contributed by atoms with Gasteiger partial charge in [-0.2, -0.15) is 0 Å². The SMILES string of the molecule is COC(=O)C(C)N1CCOC2CCCCC21. The van der Waals surface area contributed by atoms with Crippen molar-refractivity contribution in [3.63, 3.8) is 0 Å². The number of carbonyl (C=O) groups excluding carboxylic acids is 1. The molecule has 0 aromatic heterocycles. The van der Waals surface area contributed by atoms with E-state index in [1.807, 2.05) is 6.92 Å². The first-order chi connectivity index (χ1) is 7.74. The average Bonchev–Trinajstić information content (AvgIpc) is 2.36. The van der Waals surface area contributed by atoms with Crippen LogP contribution in [0.3, 0.4) is 0 Å². The van der Waals surface area contributed by atoms with Gasteiger partial charge in [0.2, 0.25) is 0 Å². The summed E-state index contributed by atoms with van der Waals surface area (Å²) in [5.41, 5.74) is 0. The van der Waals surface area contributed by atoms with Crippen molar-refractivity contribution in [3.05, 3.63) is 0 Å². The quantitative estimate of drug-likeness (QED) is 0.664. The highest BCUT2D eigenvalue weighted by molar-refractivity contribution is 5.75. The first-order valence-electron chi connectivity index (χ1n) is 6.19. The molecule has 0 aromatic carbocycles. The largest absolute Gasteiger partial charge is 0.468 e. The van der Waals surface area contributed by atoms with Crippen LogP contribution in [-0.4, -0.2) is 49.3 Å². The minimum Gasteiger partial charge on any atom is -0.468 e. The van der Waals surface area contributed by atoms with Crippen molar-refractivity contribution in [2.45, 2.75) is 50.8 Å². The van der Waals surface area contributed by atoms with Gasteiger partial charge in [0, 0.05) is 12.6 Å². The zero-order valence-electron chi connectivity index (χ0n) is 10.1. The molecule has 1 saturated carbocycles. The van der Waals surface area contributed by atoms with E-state index in [9.17, 15) is 4.79 Å². The van der Waals surface area contributed by atoms with Gasteiger partial charge in [-0.15, -0.1) is 0 Å². The predicted octanol–water partition coefficient (Wildman–Crippen LogP) is 1.19. The smallest absolute Gasteiger partial charge is 0.322 e. The van der Waals surface area contributed by atoms with Crippen molar-refractivity contribution in [2.24, 2.45) is 0 Å². The van der Waals surface area contributed by atoms with Gasteiger partial charge in [0.15, 0.2) is 0 Å². The van der Waals surface area contributed by atoms with Crippen LogP contribution in [0.1, 0.15) is 32.6 Å². The molecule has 2 rings (SSSR count). The molecule has 0 spiro atoms. The van der Waals surface area contributed by atoms with Gasteiger partial charge in [-0.3, -0.25) is 9.69 Å². The number of fused-ring (bicyclic) bond motifs is 1. The van der Waals surface area contributed by atoms with E-state index in [-0.39, 0.29) is 12.0 Å². The second-order valence-corrected chi connectivity index (χ2v) is 4.70. The molecule has 2 aliphatic rings. The lowest BCUT2D eigenvalue weighted by Crippen LogP contribution is -2.57. The number of morpholine rings is 1. The second kappa shape index (κ2) is 5.15. The van der Waals surface area contributed by atoms with Crippen LogP contribution < -0.4 is 0 Å². The van der Waals surface area contributed by atoms with Gasteiger partial charge in [-0.1, -0.05) is 12.8 Å². The fourth-order valence-electron chi connectivity index (χ4n) is 2.91. The molecule has 16 heavy (non-hydrogen) atoms. The summed E-state index contributed by atoms with van der Waals surface area (Å²) in [7, 11) is 1.46. The maximum atomic E-state index is 11.6. The van der Waals surface area contributed by atoms with E-state index < -0.39 is 0 Å². The lowest BCUT2D eigenvalue weighted by Gasteiger charge is -2.45. The molecule has 4 nitrogen and oxygen atoms in total. The Balaban J connectivity index is 2.04. The van der Waals surface area contributed by atoms with Crippen molar-refractivity contribution in [2.75, 3.05) is 20.3 Å². The molecular formula is C12H21NO3. The fourth-order valence-corrected chi connectivity index (χ4v) is 2.91. The summed E-state index contributed by atoms with van der Waals surface area (Å²) in [6, 6.07) is 0.274. The molecule has 92 valence electrons. The van der Waals surface area contributed by atoms with Gasteiger partial charge < -0.3 is 9.47 Å². The van der Waals surface area contributed by atoms with Crippen molar-refractivity contribution >= 4 is 5.97 Å². The van der Waals surface area contributed by atoms with Crippen molar-refractivity contribution < 1.29 is 14.3 Å². The van der Waals surface area contributed by atoms with Crippen molar-refractivity contribution in [1.82, 2.24) is 4.90 Å². The highest BCUT2D eigenvalue weighted by Gasteiger charge is 2.38. The molecular weight excluding hydrogens is 206 g/mol. The molecule has 3 unspecified atom stereocenters.